The third-order valence-corrected chi connectivity index (χ3v) is 8.50. The first-order valence-electron chi connectivity index (χ1n) is 11.0. The Hall–Kier alpha value is -3.02. The van der Waals surface area contributed by atoms with Crippen LogP contribution in [0.2, 0.25) is 0 Å². The second-order valence-corrected chi connectivity index (χ2v) is 11.3. The first kappa shape index (κ1) is 24.1. The Morgan fingerprint density at radius 2 is 1.26 bits per heavy atom. The Balaban J connectivity index is 1.43. The highest BCUT2D eigenvalue weighted by Crippen LogP contribution is 2.32. The fourth-order valence-electron chi connectivity index (χ4n) is 3.56. The largest absolute Gasteiger partial charge is 0.454 e. The van der Waals surface area contributed by atoms with Crippen molar-refractivity contribution in [2.75, 3.05) is 5.75 Å². The predicted molar refractivity (Wildman–Crippen MR) is 138 cm³/mol. The van der Waals surface area contributed by atoms with Gasteiger partial charge in [0.1, 0.15) is 11.4 Å². The third kappa shape index (κ3) is 6.10. The zero-order valence-corrected chi connectivity index (χ0v) is 20.7. The van der Waals surface area contributed by atoms with Crippen LogP contribution in [0.25, 0.3) is 0 Å². The van der Waals surface area contributed by atoms with E-state index < -0.39 is 5.60 Å². The van der Waals surface area contributed by atoms with E-state index in [1.165, 1.54) is 38.6 Å². The molecule has 0 unspecified atom stereocenters. The van der Waals surface area contributed by atoms with Gasteiger partial charge in [-0.1, -0.05) is 48.5 Å². The lowest BCUT2D eigenvalue weighted by Gasteiger charge is -2.25. The van der Waals surface area contributed by atoms with Gasteiger partial charge >= 0.3 is 5.97 Å². The maximum Gasteiger partial charge on any atom is 0.317 e. The molecule has 2 nitrogen and oxygen atoms in total. The Morgan fingerprint density at radius 3 is 1.79 bits per heavy atom. The van der Waals surface area contributed by atoms with Gasteiger partial charge in [-0.25, -0.2) is 4.39 Å². The minimum Gasteiger partial charge on any atom is -0.454 e. The molecule has 0 spiro atoms. The van der Waals surface area contributed by atoms with Gasteiger partial charge in [-0.2, -0.15) is 0 Å². The molecule has 0 aliphatic rings. The van der Waals surface area contributed by atoms with Gasteiger partial charge in [-0.3, -0.25) is 4.79 Å². The molecule has 0 amide bonds. The van der Waals surface area contributed by atoms with Crippen molar-refractivity contribution >= 4 is 28.6 Å². The molecule has 0 saturated heterocycles. The van der Waals surface area contributed by atoms with Crippen LogP contribution >= 0.6 is 11.8 Å². The number of halogens is 1. The summed E-state index contributed by atoms with van der Waals surface area (Å²) in [5, 5.41) is 0. The van der Waals surface area contributed by atoms with Crippen LogP contribution in [0.15, 0.2) is 129 Å². The number of rotatable bonds is 8. The van der Waals surface area contributed by atoms with Crippen molar-refractivity contribution in [2.24, 2.45) is 0 Å². The van der Waals surface area contributed by atoms with E-state index in [4.69, 9.17) is 4.74 Å². The lowest BCUT2D eigenvalue weighted by molar-refractivity contribution is -0.154. The van der Waals surface area contributed by atoms with Crippen LogP contribution in [0.3, 0.4) is 0 Å². The van der Waals surface area contributed by atoms with E-state index in [0.29, 0.717) is 0 Å². The molecule has 0 radical (unpaired) electrons. The molecule has 0 aliphatic carbocycles. The molecule has 0 atom stereocenters. The van der Waals surface area contributed by atoms with E-state index >= 15 is 0 Å². The average Bonchev–Trinajstić information content (AvgIpc) is 2.85. The zero-order chi connectivity index (χ0) is 24.0. The van der Waals surface area contributed by atoms with Crippen LogP contribution in [-0.2, 0) is 26.0 Å². The van der Waals surface area contributed by atoms with Crippen LogP contribution in [0.5, 0.6) is 0 Å². The summed E-state index contributed by atoms with van der Waals surface area (Å²) in [4.78, 5) is 17.3. The first-order valence-corrected chi connectivity index (χ1v) is 13.2. The second kappa shape index (κ2) is 10.9. The van der Waals surface area contributed by atoms with Crippen molar-refractivity contribution in [3.8, 4) is 0 Å². The number of thioether (sulfide) groups is 1. The maximum atomic E-state index is 13.2. The van der Waals surface area contributed by atoms with E-state index in [2.05, 4.69) is 72.8 Å². The van der Waals surface area contributed by atoms with E-state index in [-0.39, 0.29) is 28.4 Å². The van der Waals surface area contributed by atoms with Crippen molar-refractivity contribution in [3.05, 3.63) is 121 Å². The van der Waals surface area contributed by atoms with Gasteiger partial charge in [0.05, 0.1) is 16.6 Å². The first-order chi connectivity index (χ1) is 16.4. The summed E-state index contributed by atoms with van der Waals surface area (Å²) in [5.41, 5.74) is -0.0694. The molecule has 0 heterocycles. The molecular formula is C29H26FO2S2+. The Labute approximate surface area is 207 Å². The molecule has 0 N–H and O–H groups in total. The molecule has 0 fully saturated rings. The number of carbonyl (C=O) groups is 1. The molecule has 0 aromatic heterocycles. The highest BCUT2D eigenvalue weighted by Gasteiger charge is 2.28. The highest BCUT2D eigenvalue weighted by atomic mass is 32.2. The van der Waals surface area contributed by atoms with Crippen molar-refractivity contribution in [1.82, 2.24) is 0 Å². The van der Waals surface area contributed by atoms with Crippen LogP contribution in [0.4, 0.5) is 4.39 Å². The van der Waals surface area contributed by atoms with Gasteiger partial charge in [0.25, 0.3) is 0 Å². The Morgan fingerprint density at radius 1 is 0.765 bits per heavy atom. The highest BCUT2D eigenvalue weighted by molar-refractivity contribution is 8.00. The van der Waals surface area contributed by atoms with Crippen molar-refractivity contribution in [2.45, 2.75) is 39.0 Å². The quantitative estimate of drug-likeness (QED) is 0.146. The van der Waals surface area contributed by atoms with Gasteiger partial charge in [-0.15, -0.1) is 11.8 Å². The van der Waals surface area contributed by atoms with Gasteiger partial charge in [-0.05, 0) is 80.1 Å². The molecule has 34 heavy (non-hydrogen) atoms. The lowest BCUT2D eigenvalue weighted by Crippen LogP contribution is -2.26. The summed E-state index contributed by atoms with van der Waals surface area (Å²) >= 11 is 1.45. The molecule has 4 rings (SSSR count). The number of hydrogen-bond donors (Lipinski definition) is 0. The minimum absolute atomic E-state index is 0.200. The molecule has 4 aromatic carbocycles. The Kier molecular flexibility index (Phi) is 7.76. The summed E-state index contributed by atoms with van der Waals surface area (Å²) in [6.07, 6.45) is 0. The average molecular weight is 490 g/mol. The summed E-state index contributed by atoms with van der Waals surface area (Å²) in [7, 11) is -0.200. The number of hydrogen-bond acceptors (Lipinski definition) is 3. The van der Waals surface area contributed by atoms with Crippen molar-refractivity contribution in [1.29, 1.82) is 0 Å². The zero-order valence-electron chi connectivity index (χ0n) is 19.1. The van der Waals surface area contributed by atoms with Crippen LogP contribution in [-0.4, -0.2) is 11.7 Å². The molecule has 5 heteroatoms. The number of benzene rings is 4. The van der Waals surface area contributed by atoms with Gasteiger partial charge in [0.2, 0.25) is 0 Å². The van der Waals surface area contributed by atoms with E-state index in [1.807, 2.05) is 26.0 Å². The SMILES string of the molecule is CC(C)(OC(=O)CSc1ccc([S+](c2ccccc2)c2ccccc2)cc1)c1ccc(F)cc1. The molecule has 0 bridgehead atoms. The minimum atomic E-state index is -0.824. The smallest absolute Gasteiger partial charge is 0.317 e. The molecule has 172 valence electrons. The second-order valence-electron chi connectivity index (χ2n) is 8.18. The van der Waals surface area contributed by atoms with E-state index in [1.54, 1.807) is 12.1 Å². The fourth-order valence-corrected chi connectivity index (χ4v) is 6.32. The van der Waals surface area contributed by atoms with Crippen molar-refractivity contribution < 1.29 is 13.9 Å². The Bertz CT molecular complexity index is 1170. The molecule has 0 saturated carbocycles. The predicted octanol–water partition coefficient (Wildman–Crippen LogP) is 7.49. The fraction of sp³-hybridized carbons (Fsp3) is 0.138. The standard InChI is InChI=1S/C29H26FO2S2/c1-29(2,22-13-15-23(30)16-14-22)32-28(31)21-33-24-17-19-27(20-18-24)34(25-9-5-3-6-10-25)26-11-7-4-8-12-26/h3-20H,21H2,1-2H3/q+1. The van der Waals surface area contributed by atoms with Crippen LogP contribution < -0.4 is 0 Å². The van der Waals surface area contributed by atoms with Gasteiger partial charge in [0, 0.05) is 4.90 Å². The monoisotopic (exact) mass is 489 g/mol. The molecule has 0 aliphatic heterocycles. The van der Waals surface area contributed by atoms with Crippen molar-refractivity contribution in [3.63, 3.8) is 0 Å². The topological polar surface area (TPSA) is 26.3 Å². The van der Waals surface area contributed by atoms with E-state index in [0.717, 1.165) is 10.5 Å². The summed E-state index contributed by atoms with van der Waals surface area (Å²) in [6.45, 7) is 3.62. The summed E-state index contributed by atoms with van der Waals surface area (Å²) < 4.78 is 18.9. The normalized spacial score (nSPS) is 11.4. The summed E-state index contributed by atoms with van der Waals surface area (Å²) in [5.74, 6) is -0.420. The van der Waals surface area contributed by atoms with Gasteiger partial charge in [0.15, 0.2) is 14.7 Å². The number of ether oxygens (including phenoxy) is 1. The molecular weight excluding hydrogens is 463 g/mol. The number of esters is 1. The molecule has 4 aromatic rings. The summed E-state index contributed by atoms with van der Waals surface area (Å²) in [6, 6.07) is 35.4. The third-order valence-electron chi connectivity index (χ3n) is 5.28. The van der Waals surface area contributed by atoms with Crippen LogP contribution in [0.1, 0.15) is 19.4 Å². The van der Waals surface area contributed by atoms with E-state index in [9.17, 15) is 9.18 Å². The number of carbonyl (C=O) groups excluding carboxylic acids is 1. The maximum absolute atomic E-state index is 13.2. The van der Waals surface area contributed by atoms with Crippen LogP contribution in [0, 0.1) is 5.82 Å². The van der Waals surface area contributed by atoms with Gasteiger partial charge < -0.3 is 4.74 Å². The lowest BCUT2D eigenvalue weighted by atomic mass is 9.98.